The molecule has 4 heterocycles. The summed E-state index contributed by atoms with van der Waals surface area (Å²) >= 11 is 7.79. The van der Waals surface area contributed by atoms with Crippen LogP contribution in [0.5, 0.6) is 0 Å². The topological polar surface area (TPSA) is 113 Å². The number of hydrogen-bond acceptors (Lipinski definition) is 10. The van der Waals surface area contributed by atoms with Crippen LogP contribution in [-0.2, 0) is 24.3 Å². The van der Waals surface area contributed by atoms with Crippen LogP contribution in [0, 0.1) is 5.82 Å². The number of methoxy groups -OCH3 is 1. The third-order valence-electron chi connectivity index (χ3n) is 6.62. The van der Waals surface area contributed by atoms with E-state index < -0.39 is 27.9 Å². The minimum absolute atomic E-state index is 0.127. The summed E-state index contributed by atoms with van der Waals surface area (Å²) in [5, 5.41) is 5.82. The van der Waals surface area contributed by atoms with Gasteiger partial charge in [0.25, 0.3) is 0 Å². The molecular weight excluding hydrogens is 545 g/mol. The Balaban J connectivity index is 1.57. The minimum atomic E-state index is -3.37. The van der Waals surface area contributed by atoms with Gasteiger partial charge in [0, 0.05) is 59.6 Å². The first-order valence-corrected chi connectivity index (χ1v) is 14.6. The molecule has 1 N–H and O–H groups in total. The number of sulfonamides is 1. The van der Waals surface area contributed by atoms with Crippen molar-refractivity contribution < 1.29 is 27.1 Å². The predicted octanol–water partition coefficient (Wildman–Crippen LogP) is 1.80. The third-order valence-corrected chi connectivity index (χ3v) is 8.96. The number of fused-ring (bicyclic) bond motifs is 2. The summed E-state index contributed by atoms with van der Waals surface area (Å²) in [4.78, 5) is 24.4. The number of benzene rings is 1. The van der Waals surface area contributed by atoms with Crippen LogP contribution in [0.15, 0.2) is 46.0 Å². The molecule has 1 aromatic carbocycles. The van der Waals surface area contributed by atoms with Crippen molar-refractivity contribution in [3.05, 3.63) is 62.5 Å². The van der Waals surface area contributed by atoms with E-state index in [1.54, 1.807) is 6.20 Å². The second-order valence-electron chi connectivity index (χ2n) is 8.99. The van der Waals surface area contributed by atoms with Crippen LogP contribution in [0.4, 0.5) is 4.39 Å². The summed E-state index contributed by atoms with van der Waals surface area (Å²) in [6.45, 7) is 1.53. The Labute approximate surface area is 222 Å². The lowest BCUT2D eigenvalue weighted by molar-refractivity contribution is -0.136. The van der Waals surface area contributed by atoms with E-state index in [1.165, 1.54) is 47.2 Å². The zero-order valence-corrected chi connectivity index (χ0v) is 22.4. The van der Waals surface area contributed by atoms with Gasteiger partial charge < -0.3 is 14.8 Å². The van der Waals surface area contributed by atoms with Crippen LogP contribution in [0.1, 0.15) is 16.6 Å². The van der Waals surface area contributed by atoms with Gasteiger partial charge in [-0.3, -0.25) is 9.89 Å². The first-order valence-electron chi connectivity index (χ1n) is 11.4. The summed E-state index contributed by atoms with van der Waals surface area (Å²) in [6.07, 6.45) is 2.85. The maximum atomic E-state index is 13.9. The van der Waals surface area contributed by atoms with E-state index in [4.69, 9.17) is 26.1 Å². The lowest BCUT2D eigenvalue weighted by Gasteiger charge is -2.49. The van der Waals surface area contributed by atoms with Gasteiger partial charge in [0.1, 0.15) is 11.9 Å². The Morgan fingerprint density at radius 1 is 1.32 bits per heavy atom. The van der Waals surface area contributed by atoms with Gasteiger partial charge in [-0.2, -0.15) is 4.31 Å². The molecule has 0 spiro atoms. The number of ether oxygens (including phenoxy) is 2. The molecule has 0 amide bonds. The average Bonchev–Trinajstić information content (AvgIpc) is 3.37. The summed E-state index contributed by atoms with van der Waals surface area (Å²) in [7, 11) is -2.08. The number of piperazine rings is 1. The van der Waals surface area contributed by atoms with E-state index in [0.29, 0.717) is 35.3 Å². The second-order valence-corrected chi connectivity index (χ2v) is 12.3. The maximum Gasteiger partial charge on any atom is 0.338 e. The predicted molar refractivity (Wildman–Crippen MR) is 136 cm³/mol. The number of nitrogens with zero attached hydrogens (tertiary/aromatic N) is 4. The van der Waals surface area contributed by atoms with Crippen LogP contribution in [0.2, 0.25) is 5.02 Å². The van der Waals surface area contributed by atoms with E-state index in [0.717, 1.165) is 0 Å². The summed E-state index contributed by atoms with van der Waals surface area (Å²) in [6, 6.07) is 2.64. The highest BCUT2D eigenvalue weighted by Gasteiger charge is 2.43. The fraction of sp³-hybridized carbons (Fsp3) is 0.435. The van der Waals surface area contributed by atoms with Gasteiger partial charge in [-0.05, 0) is 12.1 Å². The van der Waals surface area contributed by atoms with Crippen molar-refractivity contribution in [2.45, 2.75) is 18.1 Å². The Bertz CT molecular complexity index is 1350. The van der Waals surface area contributed by atoms with Crippen LogP contribution in [0.3, 0.4) is 0 Å². The molecule has 0 aliphatic carbocycles. The van der Waals surface area contributed by atoms with Crippen LogP contribution in [0.25, 0.3) is 0 Å². The lowest BCUT2D eigenvalue weighted by atomic mass is 9.94. The number of aliphatic imine (C=N–C) groups is 1. The van der Waals surface area contributed by atoms with Gasteiger partial charge in [0.05, 0.1) is 32.2 Å². The van der Waals surface area contributed by atoms with Crippen molar-refractivity contribution in [2.24, 2.45) is 4.99 Å². The number of rotatable bonds is 6. The molecule has 14 heteroatoms. The standard InChI is InChI=1S/C23H25ClFN5O5S2/c1-34-23(31)19-18(10-30-14-8-29(37(2,32)33)9-15(30)12-35-11-14)27-21(22-26-5-6-36-22)28-20(19)16-4-3-13(25)7-17(16)24/h3-7,14-15,20H,8-12H2,1-2H3,(H,27,28)/t14-,15?,20?/m1/s1. The van der Waals surface area contributed by atoms with E-state index in [-0.39, 0.29) is 42.3 Å². The molecule has 2 unspecified atom stereocenters. The van der Waals surface area contributed by atoms with Gasteiger partial charge in [-0.25, -0.2) is 22.6 Å². The lowest BCUT2D eigenvalue weighted by Crippen LogP contribution is -2.66. The zero-order chi connectivity index (χ0) is 26.3. The van der Waals surface area contributed by atoms with E-state index in [1.807, 2.05) is 5.38 Å². The van der Waals surface area contributed by atoms with Crippen LogP contribution < -0.4 is 5.32 Å². The molecule has 0 radical (unpaired) electrons. The van der Waals surface area contributed by atoms with Crippen molar-refractivity contribution in [3.63, 3.8) is 0 Å². The summed E-state index contributed by atoms with van der Waals surface area (Å²) in [5.41, 5.74) is 1.21. The molecule has 5 rings (SSSR count). The SMILES string of the molecule is COC(=O)C1=C(CN2C3COC[C@H]2CN(S(C)(=O)=O)C3)NC(c2nccs2)=NC1c1ccc(F)cc1Cl. The number of aromatic nitrogens is 1. The van der Waals surface area contributed by atoms with E-state index in [2.05, 4.69) is 15.2 Å². The number of carbonyl (C=O) groups is 1. The first-order chi connectivity index (χ1) is 17.7. The van der Waals surface area contributed by atoms with Crippen LogP contribution in [-0.4, -0.2) is 92.7 Å². The summed E-state index contributed by atoms with van der Waals surface area (Å²) < 4.78 is 50.7. The van der Waals surface area contributed by atoms with E-state index >= 15 is 0 Å². The van der Waals surface area contributed by atoms with Gasteiger partial charge in [0.2, 0.25) is 10.0 Å². The number of thiazole rings is 1. The number of hydrogen-bond donors (Lipinski definition) is 1. The Morgan fingerprint density at radius 3 is 2.65 bits per heavy atom. The van der Waals surface area contributed by atoms with Crippen molar-refractivity contribution in [1.29, 1.82) is 0 Å². The van der Waals surface area contributed by atoms with Crippen molar-refractivity contribution in [3.8, 4) is 0 Å². The normalized spacial score (nSPS) is 25.0. The molecule has 2 bridgehead atoms. The number of esters is 1. The number of nitrogens with one attached hydrogen (secondary N) is 1. The van der Waals surface area contributed by atoms with Crippen molar-refractivity contribution in [1.82, 2.24) is 19.5 Å². The minimum Gasteiger partial charge on any atom is -0.466 e. The molecule has 0 saturated carbocycles. The fourth-order valence-corrected chi connectivity index (χ4v) is 6.61. The largest absolute Gasteiger partial charge is 0.466 e. The van der Waals surface area contributed by atoms with Gasteiger partial charge in [-0.15, -0.1) is 11.3 Å². The highest BCUT2D eigenvalue weighted by molar-refractivity contribution is 7.88. The molecule has 3 aliphatic heterocycles. The Hall–Kier alpha value is -2.42. The smallest absolute Gasteiger partial charge is 0.338 e. The number of amidine groups is 1. The fourth-order valence-electron chi connectivity index (χ4n) is 4.87. The molecule has 10 nitrogen and oxygen atoms in total. The highest BCUT2D eigenvalue weighted by Crippen LogP contribution is 2.37. The number of morpholine rings is 1. The van der Waals surface area contributed by atoms with Gasteiger partial charge in [-0.1, -0.05) is 17.7 Å². The number of carbonyl (C=O) groups excluding carboxylic acids is 1. The summed E-state index contributed by atoms with van der Waals surface area (Å²) in [5.74, 6) is -0.669. The number of halogens is 2. The van der Waals surface area contributed by atoms with Gasteiger partial charge >= 0.3 is 5.97 Å². The third kappa shape index (κ3) is 5.29. The molecular formula is C23H25ClFN5O5S2. The van der Waals surface area contributed by atoms with Crippen molar-refractivity contribution >= 4 is 44.8 Å². The van der Waals surface area contributed by atoms with Gasteiger partial charge in [0.15, 0.2) is 10.8 Å². The first kappa shape index (κ1) is 26.2. The Morgan fingerprint density at radius 2 is 2.05 bits per heavy atom. The van der Waals surface area contributed by atoms with E-state index in [9.17, 15) is 17.6 Å². The molecule has 2 saturated heterocycles. The molecule has 3 aliphatic rings. The second kappa shape index (κ2) is 10.4. The average molecular weight is 570 g/mol. The highest BCUT2D eigenvalue weighted by atomic mass is 35.5. The molecule has 2 aromatic rings. The van der Waals surface area contributed by atoms with Crippen LogP contribution >= 0.6 is 22.9 Å². The zero-order valence-electron chi connectivity index (χ0n) is 20.1. The molecule has 198 valence electrons. The monoisotopic (exact) mass is 569 g/mol. The Kier molecular flexibility index (Phi) is 7.35. The molecule has 2 fully saturated rings. The quantitative estimate of drug-likeness (QED) is 0.524. The molecule has 3 atom stereocenters. The maximum absolute atomic E-state index is 13.9. The molecule has 1 aromatic heterocycles. The molecule has 37 heavy (non-hydrogen) atoms. The van der Waals surface area contributed by atoms with Crippen molar-refractivity contribution in [2.75, 3.05) is 46.2 Å².